The first kappa shape index (κ1) is 77.4. The van der Waals surface area contributed by atoms with Crippen LogP contribution in [0.15, 0.2) is 48.6 Å². The summed E-state index contributed by atoms with van der Waals surface area (Å²) in [5.74, 6) is -0.847. The number of allylic oxidation sites excluding steroid dienone is 8. The molecule has 0 aromatic heterocycles. The maximum absolute atomic E-state index is 13.0. The minimum atomic E-state index is -0.775. The lowest BCUT2D eigenvalue weighted by Gasteiger charge is -2.18. The van der Waals surface area contributed by atoms with Gasteiger partial charge in [0.2, 0.25) is 0 Å². The first-order valence-corrected chi connectivity index (χ1v) is 35.6. The number of carbonyl (C=O) groups is 3. The van der Waals surface area contributed by atoms with Gasteiger partial charge in [0.25, 0.3) is 0 Å². The molecule has 0 heterocycles. The number of ether oxygens (including phenoxy) is 3. The number of esters is 3. The molecule has 0 aliphatic rings. The van der Waals surface area contributed by atoms with Crippen molar-refractivity contribution < 1.29 is 28.6 Å². The summed E-state index contributed by atoms with van der Waals surface area (Å²) in [5.41, 5.74) is 0. The van der Waals surface area contributed by atoms with Gasteiger partial charge in [0.05, 0.1) is 0 Å². The molecule has 6 heteroatoms. The van der Waals surface area contributed by atoms with Crippen LogP contribution in [0, 0.1) is 0 Å². The quantitative estimate of drug-likeness (QED) is 0.0261. The normalized spacial score (nSPS) is 12.3. The van der Waals surface area contributed by atoms with Crippen molar-refractivity contribution in [3.05, 3.63) is 48.6 Å². The molecule has 468 valence electrons. The van der Waals surface area contributed by atoms with Crippen LogP contribution in [-0.4, -0.2) is 37.2 Å². The Kier molecular flexibility index (Phi) is 66.6. The van der Waals surface area contributed by atoms with Crippen molar-refractivity contribution in [3.63, 3.8) is 0 Å². The van der Waals surface area contributed by atoms with Gasteiger partial charge in [-0.05, 0) is 83.5 Å². The number of unbranched alkanes of at least 4 members (excludes halogenated alkanes) is 47. The van der Waals surface area contributed by atoms with Gasteiger partial charge in [0.1, 0.15) is 13.2 Å². The first-order valence-electron chi connectivity index (χ1n) is 35.6. The Balaban J connectivity index is 4.30. The highest BCUT2D eigenvalue weighted by Gasteiger charge is 2.19. The summed E-state index contributed by atoms with van der Waals surface area (Å²) in [5, 5.41) is 0. The monoisotopic (exact) mass is 1120 g/mol. The van der Waals surface area contributed by atoms with E-state index in [1.165, 1.54) is 276 Å². The van der Waals surface area contributed by atoms with Crippen molar-refractivity contribution in [3.8, 4) is 0 Å². The maximum Gasteiger partial charge on any atom is 0.306 e. The van der Waals surface area contributed by atoms with E-state index in [1.807, 2.05) is 0 Å². The van der Waals surface area contributed by atoms with Gasteiger partial charge < -0.3 is 14.2 Å². The molecular formula is C74H136O6. The van der Waals surface area contributed by atoms with Crippen LogP contribution in [0.25, 0.3) is 0 Å². The van der Waals surface area contributed by atoms with Crippen LogP contribution >= 0.6 is 0 Å². The highest BCUT2D eigenvalue weighted by atomic mass is 16.6. The van der Waals surface area contributed by atoms with Gasteiger partial charge in [-0.15, -0.1) is 0 Å². The smallest absolute Gasteiger partial charge is 0.306 e. The van der Waals surface area contributed by atoms with Gasteiger partial charge in [-0.1, -0.05) is 333 Å². The standard InChI is InChI=1S/C74H136O6/c1-4-7-10-13-16-19-22-25-28-31-33-35-36-37-38-40-41-43-46-49-52-55-58-61-64-67-73(76)79-70-71(69-78-72(75)66-63-60-57-54-51-48-45-30-27-24-21-18-15-12-9-6-3)80-74(77)68-65-62-59-56-53-50-47-44-42-39-34-32-29-26-23-20-17-14-11-8-5-2/h22-23,25-26,31-34,71H,4-21,24,27-30,35-70H2,1-3H3/b25-22-,26-23-,33-31-,34-32-. The van der Waals surface area contributed by atoms with Crippen molar-refractivity contribution in [1.82, 2.24) is 0 Å². The molecule has 0 spiro atoms. The molecule has 1 atom stereocenters. The zero-order valence-electron chi connectivity index (χ0n) is 53.9. The fraction of sp³-hybridized carbons (Fsp3) is 0.851. The van der Waals surface area contributed by atoms with E-state index in [1.54, 1.807) is 0 Å². The lowest BCUT2D eigenvalue weighted by molar-refractivity contribution is -0.167. The Labute approximate surface area is 498 Å². The molecule has 0 aliphatic carbocycles. The van der Waals surface area contributed by atoms with E-state index in [-0.39, 0.29) is 31.1 Å². The molecule has 80 heavy (non-hydrogen) atoms. The molecule has 0 saturated heterocycles. The van der Waals surface area contributed by atoms with Crippen LogP contribution in [0.1, 0.15) is 387 Å². The number of hydrogen-bond acceptors (Lipinski definition) is 6. The number of carbonyl (C=O) groups excluding carboxylic acids is 3. The summed E-state index contributed by atoms with van der Waals surface area (Å²) in [6.07, 6.45) is 87.0. The third kappa shape index (κ3) is 66.2. The van der Waals surface area contributed by atoms with E-state index in [4.69, 9.17) is 14.2 Å². The van der Waals surface area contributed by atoms with Crippen LogP contribution in [0.4, 0.5) is 0 Å². The predicted octanol–water partition coefficient (Wildman–Crippen LogP) is 24.5. The highest BCUT2D eigenvalue weighted by molar-refractivity contribution is 5.71. The summed E-state index contributed by atoms with van der Waals surface area (Å²) < 4.78 is 17.0. The molecule has 0 aromatic carbocycles. The van der Waals surface area contributed by atoms with Crippen LogP contribution < -0.4 is 0 Å². The van der Waals surface area contributed by atoms with E-state index in [9.17, 15) is 14.4 Å². The minimum absolute atomic E-state index is 0.0701. The van der Waals surface area contributed by atoms with Gasteiger partial charge in [-0.3, -0.25) is 14.4 Å². The lowest BCUT2D eigenvalue weighted by atomic mass is 10.0. The summed E-state index contributed by atoms with van der Waals surface area (Å²) in [6.45, 7) is 6.69. The Morgan fingerprint density at radius 3 is 0.688 bits per heavy atom. The van der Waals surface area contributed by atoms with E-state index < -0.39 is 6.10 Å². The van der Waals surface area contributed by atoms with Crippen LogP contribution in [0.3, 0.4) is 0 Å². The minimum Gasteiger partial charge on any atom is -0.462 e. The zero-order chi connectivity index (χ0) is 57.8. The topological polar surface area (TPSA) is 78.9 Å². The molecule has 0 amide bonds. The van der Waals surface area contributed by atoms with Crippen LogP contribution in [0.5, 0.6) is 0 Å². The van der Waals surface area contributed by atoms with E-state index in [2.05, 4.69) is 69.4 Å². The second-order valence-corrected chi connectivity index (χ2v) is 24.1. The van der Waals surface area contributed by atoms with Crippen LogP contribution in [0.2, 0.25) is 0 Å². The Bertz CT molecular complexity index is 1380. The average molecular weight is 1120 g/mol. The molecule has 1 unspecified atom stereocenters. The van der Waals surface area contributed by atoms with Gasteiger partial charge in [-0.2, -0.15) is 0 Å². The number of hydrogen-bond donors (Lipinski definition) is 0. The summed E-state index contributed by atoms with van der Waals surface area (Å²) in [6, 6.07) is 0. The summed E-state index contributed by atoms with van der Waals surface area (Å²) in [4.78, 5) is 38.5. The van der Waals surface area contributed by atoms with Crippen molar-refractivity contribution in [2.75, 3.05) is 13.2 Å². The fourth-order valence-corrected chi connectivity index (χ4v) is 10.7. The third-order valence-corrected chi connectivity index (χ3v) is 16.1. The molecular weight excluding hydrogens is 985 g/mol. The SMILES string of the molecule is CCCCCCC/C=C\C/C=C\CCCCCCCCCCCCCCCC(=O)OCC(COC(=O)CCCCCCCCCCCCCCCCCC)OC(=O)CCCCCCCCCCC/C=C\C/C=C\CCCCCCC. The number of rotatable bonds is 66. The highest BCUT2D eigenvalue weighted by Crippen LogP contribution is 2.18. The third-order valence-electron chi connectivity index (χ3n) is 16.1. The fourth-order valence-electron chi connectivity index (χ4n) is 10.7. The van der Waals surface area contributed by atoms with Crippen molar-refractivity contribution in [2.24, 2.45) is 0 Å². The van der Waals surface area contributed by atoms with E-state index in [0.29, 0.717) is 19.3 Å². The molecule has 0 radical (unpaired) electrons. The van der Waals surface area contributed by atoms with E-state index in [0.717, 1.165) is 70.6 Å². The molecule has 0 rings (SSSR count). The lowest BCUT2D eigenvalue weighted by Crippen LogP contribution is -2.30. The molecule has 0 aromatic rings. The van der Waals surface area contributed by atoms with Crippen molar-refractivity contribution in [2.45, 2.75) is 393 Å². The Morgan fingerprint density at radius 2 is 0.450 bits per heavy atom. The van der Waals surface area contributed by atoms with Gasteiger partial charge in [0, 0.05) is 19.3 Å². The molecule has 0 saturated carbocycles. The van der Waals surface area contributed by atoms with Gasteiger partial charge >= 0.3 is 17.9 Å². The maximum atomic E-state index is 13.0. The molecule has 0 fully saturated rings. The summed E-state index contributed by atoms with van der Waals surface area (Å²) in [7, 11) is 0. The second kappa shape index (κ2) is 68.9. The van der Waals surface area contributed by atoms with Gasteiger partial charge in [-0.25, -0.2) is 0 Å². The Hall–Kier alpha value is -2.63. The second-order valence-electron chi connectivity index (χ2n) is 24.1. The molecule has 0 N–H and O–H groups in total. The van der Waals surface area contributed by atoms with Crippen molar-refractivity contribution >= 4 is 17.9 Å². The van der Waals surface area contributed by atoms with E-state index >= 15 is 0 Å². The largest absolute Gasteiger partial charge is 0.462 e. The van der Waals surface area contributed by atoms with Gasteiger partial charge in [0.15, 0.2) is 6.10 Å². The molecule has 0 bridgehead atoms. The summed E-state index contributed by atoms with van der Waals surface area (Å²) >= 11 is 0. The predicted molar refractivity (Wildman–Crippen MR) is 349 cm³/mol. The molecule has 0 aliphatic heterocycles. The van der Waals surface area contributed by atoms with Crippen molar-refractivity contribution in [1.29, 1.82) is 0 Å². The Morgan fingerprint density at radius 1 is 0.250 bits per heavy atom. The average Bonchev–Trinajstić information content (AvgIpc) is 3.46. The molecule has 6 nitrogen and oxygen atoms in total. The zero-order valence-corrected chi connectivity index (χ0v) is 53.9. The van der Waals surface area contributed by atoms with Crippen LogP contribution in [-0.2, 0) is 28.6 Å². The first-order chi connectivity index (χ1) is 39.5.